The number of hydrogen-bond acceptors (Lipinski definition) is 4. The number of imidazole rings is 1. The van der Waals surface area contributed by atoms with Crippen molar-refractivity contribution in [3.05, 3.63) is 42.5 Å². The maximum atomic E-state index is 12.5. The Balaban J connectivity index is 1.89. The monoisotopic (exact) mass is 357 g/mol. The standard InChI is InChI=1S/C16H18F3N3O3/c1-21(9-14-20-7-8-22(14)11-16(17,18)19)15(23)10-25-13-5-3-12(24-2)4-6-13/h3-8H,9-11H2,1-2H3. The van der Waals surface area contributed by atoms with Crippen molar-refractivity contribution < 1.29 is 27.4 Å². The quantitative estimate of drug-likeness (QED) is 0.764. The number of alkyl halides is 3. The Labute approximate surface area is 142 Å². The van der Waals surface area contributed by atoms with Gasteiger partial charge in [0.1, 0.15) is 23.9 Å². The van der Waals surface area contributed by atoms with Gasteiger partial charge in [-0.25, -0.2) is 4.98 Å². The van der Waals surface area contributed by atoms with Gasteiger partial charge in [0.15, 0.2) is 6.61 Å². The molecule has 1 aromatic carbocycles. The number of benzene rings is 1. The van der Waals surface area contributed by atoms with E-state index in [1.165, 1.54) is 31.5 Å². The third kappa shape index (κ3) is 5.70. The van der Waals surface area contributed by atoms with Crippen molar-refractivity contribution in [3.8, 4) is 11.5 Å². The van der Waals surface area contributed by atoms with E-state index < -0.39 is 12.7 Å². The van der Waals surface area contributed by atoms with Crippen molar-refractivity contribution in [2.45, 2.75) is 19.3 Å². The number of amides is 1. The molecular weight excluding hydrogens is 339 g/mol. The molecule has 1 heterocycles. The van der Waals surface area contributed by atoms with Gasteiger partial charge < -0.3 is 18.9 Å². The van der Waals surface area contributed by atoms with Crippen LogP contribution in [-0.4, -0.2) is 47.3 Å². The summed E-state index contributed by atoms with van der Waals surface area (Å²) in [6.45, 7) is -1.43. The number of carbonyl (C=O) groups is 1. The Morgan fingerprint density at radius 2 is 1.88 bits per heavy atom. The van der Waals surface area contributed by atoms with Gasteiger partial charge in [-0.2, -0.15) is 13.2 Å². The molecule has 0 spiro atoms. The van der Waals surface area contributed by atoms with Crippen LogP contribution < -0.4 is 9.47 Å². The molecule has 0 N–H and O–H groups in total. The summed E-state index contributed by atoms with van der Waals surface area (Å²) in [5.74, 6) is 0.920. The predicted octanol–water partition coefficient (Wildman–Crippen LogP) is 2.49. The van der Waals surface area contributed by atoms with Gasteiger partial charge in [0, 0.05) is 19.4 Å². The molecule has 0 saturated heterocycles. The van der Waals surface area contributed by atoms with Crippen LogP contribution in [-0.2, 0) is 17.9 Å². The molecule has 0 aliphatic rings. The van der Waals surface area contributed by atoms with Gasteiger partial charge >= 0.3 is 6.18 Å². The van der Waals surface area contributed by atoms with E-state index in [1.54, 1.807) is 24.3 Å². The van der Waals surface area contributed by atoms with Crippen LogP contribution in [0.2, 0.25) is 0 Å². The smallest absolute Gasteiger partial charge is 0.406 e. The number of hydrogen-bond donors (Lipinski definition) is 0. The van der Waals surface area contributed by atoms with E-state index in [-0.39, 0.29) is 24.9 Å². The Morgan fingerprint density at radius 3 is 2.48 bits per heavy atom. The fourth-order valence-corrected chi connectivity index (χ4v) is 2.06. The lowest BCUT2D eigenvalue weighted by Crippen LogP contribution is -2.32. The number of likely N-dealkylation sites (N-methyl/N-ethyl adjacent to an activating group) is 1. The van der Waals surface area contributed by atoms with Crippen molar-refractivity contribution in [3.63, 3.8) is 0 Å². The van der Waals surface area contributed by atoms with Gasteiger partial charge in [0.25, 0.3) is 5.91 Å². The summed E-state index contributed by atoms with van der Waals surface area (Å²) in [6.07, 6.45) is -1.85. The van der Waals surface area contributed by atoms with Crippen LogP contribution in [0.25, 0.3) is 0 Å². The number of aromatic nitrogens is 2. The van der Waals surface area contributed by atoms with Crippen LogP contribution >= 0.6 is 0 Å². The molecule has 9 heteroatoms. The summed E-state index contributed by atoms with van der Waals surface area (Å²) in [5, 5.41) is 0. The largest absolute Gasteiger partial charge is 0.497 e. The minimum atomic E-state index is -4.35. The molecule has 0 radical (unpaired) electrons. The lowest BCUT2D eigenvalue weighted by Gasteiger charge is -2.18. The van der Waals surface area contributed by atoms with Gasteiger partial charge in [0.05, 0.1) is 13.7 Å². The van der Waals surface area contributed by atoms with Crippen LogP contribution in [0.4, 0.5) is 13.2 Å². The molecule has 2 aromatic rings. The maximum absolute atomic E-state index is 12.5. The molecular formula is C16H18F3N3O3. The summed E-state index contributed by atoms with van der Waals surface area (Å²) in [7, 11) is 3.02. The first-order valence-corrected chi connectivity index (χ1v) is 7.36. The van der Waals surface area contributed by atoms with Crippen LogP contribution in [0.3, 0.4) is 0 Å². The Bertz CT molecular complexity index is 699. The molecule has 1 aromatic heterocycles. The topological polar surface area (TPSA) is 56.6 Å². The van der Waals surface area contributed by atoms with Gasteiger partial charge in [-0.3, -0.25) is 4.79 Å². The van der Waals surface area contributed by atoms with Gasteiger partial charge in [0.2, 0.25) is 0 Å². The van der Waals surface area contributed by atoms with Gasteiger partial charge in [-0.1, -0.05) is 0 Å². The summed E-state index contributed by atoms with van der Waals surface area (Å²) >= 11 is 0. The zero-order chi connectivity index (χ0) is 18.4. The molecule has 2 rings (SSSR count). The molecule has 0 atom stereocenters. The van der Waals surface area contributed by atoms with Crippen LogP contribution in [0.15, 0.2) is 36.7 Å². The fourth-order valence-electron chi connectivity index (χ4n) is 2.06. The first-order chi connectivity index (χ1) is 11.8. The normalized spacial score (nSPS) is 11.2. The third-order valence-corrected chi connectivity index (χ3v) is 3.38. The second kappa shape index (κ2) is 7.91. The van der Waals surface area contributed by atoms with E-state index in [0.717, 1.165) is 4.57 Å². The molecule has 0 aliphatic carbocycles. The SMILES string of the molecule is COc1ccc(OCC(=O)N(C)Cc2nccn2CC(F)(F)F)cc1. The summed E-state index contributed by atoms with van der Waals surface area (Å²) in [4.78, 5) is 17.2. The maximum Gasteiger partial charge on any atom is 0.406 e. The van der Waals surface area contributed by atoms with Crippen LogP contribution in [0.5, 0.6) is 11.5 Å². The van der Waals surface area contributed by atoms with Gasteiger partial charge in [-0.05, 0) is 24.3 Å². The number of halogens is 3. The summed E-state index contributed by atoms with van der Waals surface area (Å²) < 4.78 is 48.8. The average Bonchev–Trinajstić information content (AvgIpc) is 2.97. The van der Waals surface area contributed by atoms with Gasteiger partial charge in [-0.15, -0.1) is 0 Å². The fraction of sp³-hybridized carbons (Fsp3) is 0.375. The highest BCUT2D eigenvalue weighted by Crippen LogP contribution is 2.19. The number of methoxy groups -OCH3 is 1. The van der Waals surface area contributed by atoms with Crippen molar-refractivity contribution in [2.24, 2.45) is 0 Å². The molecule has 6 nitrogen and oxygen atoms in total. The van der Waals surface area contributed by atoms with E-state index in [0.29, 0.717) is 11.5 Å². The summed E-state index contributed by atoms with van der Waals surface area (Å²) in [5.41, 5.74) is 0. The predicted molar refractivity (Wildman–Crippen MR) is 83.2 cm³/mol. The molecule has 0 bridgehead atoms. The van der Waals surface area contributed by atoms with Crippen molar-refractivity contribution in [1.29, 1.82) is 0 Å². The van der Waals surface area contributed by atoms with Crippen LogP contribution in [0.1, 0.15) is 5.82 Å². The lowest BCUT2D eigenvalue weighted by molar-refractivity contribution is -0.141. The van der Waals surface area contributed by atoms with Crippen molar-refractivity contribution >= 4 is 5.91 Å². The average molecular weight is 357 g/mol. The highest BCUT2D eigenvalue weighted by molar-refractivity contribution is 5.77. The first-order valence-electron chi connectivity index (χ1n) is 7.36. The Kier molecular flexibility index (Phi) is 5.89. The molecule has 0 aliphatic heterocycles. The van der Waals surface area contributed by atoms with E-state index in [4.69, 9.17) is 9.47 Å². The first kappa shape index (κ1) is 18.6. The second-order valence-corrected chi connectivity index (χ2v) is 5.30. The Morgan fingerprint density at radius 1 is 1.24 bits per heavy atom. The molecule has 1 amide bonds. The van der Waals surface area contributed by atoms with E-state index >= 15 is 0 Å². The number of rotatable bonds is 7. The molecule has 0 fully saturated rings. The van der Waals surface area contributed by atoms with E-state index in [2.05, 4.69) is 4.98 Å². The van der Waals surface area contributed by atoms with E-state index in [9.17, 15) is 18.0 Å². The summed E-state index contributed by atoms with van der Waals surface area (Å²) in [6, 6.07) is 6.69. The molecule has 136 valence electrons. The number of carbonyl (C=O) groups excluding carboxylic acids is 1. The van der Waals surface area contributed by atoms with E-state index in [1.807, 2.05) is 0 Å². The van der Waals surface area contributed by atoms with Crippen molar-refractivity contribution in [2.75, 3.05) is 20.8 Å². The second-order valence-electron chi connectivity index (χ2n) is 5.30. The molecule has 0 saturated carbocycles. The molecule has 25 heavy (non-hydrogen) atoms. The van der Waals surface area contributed by atoms with Crippen molar-refractivity contribution in [1.82, 2.24) is 14.5 Å². The Hall–Kier alpha value is -2.71. The third-order valence-electron chi connectivity index (χ3n) is 3.38. The highest BCUT2D eigenvalue weighted by Gasteiger charge is 2.29. The highest BCUT2D eigenvalue weighted by atomic mass is 19.4. The van der Waals surface area contributed by atoms with Crippen LogP contribution in [0, 0.1) is 0 Å². The minimum absolute atomic E-state index is 0.0477. The zero-order valence-electron chi connectivity index (χ0n) is 13.8. The lowest BCUT2D eigenvalue weighted by atomic mass is 10.3. The number of nitrogens with zero attached hydrogens (tertiary/aromatic N) is 3. The number of ether oxygens (including phenoxy) is 2. The zero-order valence-corrected chi connectivity index (χ0v) is 13.8. The molecule has 0 unspecified atom stereocenters. The minimum Gasteiger partial charge on any atom is -0.497 e.